The highest BCUT2D eigenvalue weighted by molar-refractivity contribution is 7.89. The third-order valence-electron chi connectivity index (χ3n) is 4.49. The second-order valence-electron chi connectivity index (χ2n) is 6.17. The average molecular weight is 342 g/mol. The van der Waals surface area contributed by atoms with Crippen molar-refractivity contribution in [1.82, 2.24) is 9.62 Å². The van der Waals surface area contributed by atoms with Gasteiger partial charge in [0.05, 0.1) is 11.8 Å². The van der Waals surface area contributed by atoms with Crippen LogP contribution in [0.5, 0.6) is 0 Å². The Balaban J connectivity index is 1.92. The number of sulfonamides is 1. The lowest BCUT2D eigenvalue weighted by Crippen LogP contribution is -2.43. The quantitative estimate of drug-likeness (QED) is 0.889. The summed E-state index contributed by atoms with van der Waals surface area (Å²) in [4.78, 5) is 12.4. The SMILES string of the molecule is CCS(=O)(=O)N1CCC(C(=O)N[C@H](C)c2cc(C)oc2C)CC1. The van der Waals surface area contributed by atoms with E-state index in [1.165, 1.54) is 4.31 Å². The lowest BCUT2D eigenvalue weighted by molar-refractivity contribution is -0.126. The van der Waals surface area contributed by atoms with E-state index in [1.54, 1.807) is 6.92 Å². The van der Waals surface area contributed by atoms with Gasteiger partial charge in [-0.2, -0.15) is 0 Å². The molecule has 0 radical (unpaired) electrons. The molecule has 0 bridgehead atoms. The van der Waals surface area contributed by atoms with Crippen LogP contribution in [0.15, 0.2) is 10.5 Å². The molecular formula is C16H26N2O4S. The smallest absolute Gasteiger partial charge is 0.223 e. The Labute approximate surface area is 138 Å². The Bertz CT molecular complexity index is 658. The molecule has 0 unspecified atom stereocenters. The predicted molar refractivity (Wildman–Crippen MR) is 88.5 cm³/mol. The maximum atomic E-state index is 12.4. The van der Waals surface area contributed by atoms with Crippen molar-refractivity contribution < 1.29 is 17.6 Å². The molecule has 7 heteroatoms. The summed E-state index contributed by atoms with van der Waals surface area (Å²) in [5.41, 5.74) is 0.988. The number of hydrogen-bond acceptors (Lipinski definition) is 4. The molecule has 0 aromatic carbocycles. The van der Waals surface area contributed by atoms with Crippen molar-refractivity contribution in [3.05, 3.63) is 23.2 Å². The first-order chi connectivity index (χ1) is 10.7. The highest BCUT2D eigenvalue weighted by atomic mass is 32.2. The summed E-state index contributed by atoms with van der Waals surface area (Å²) < 4.78 is 30.7. The summed E-state index contributed by atoms with van der Waals surface area (Å²) in [7, 11) is -3.15. The van der Waals surface area contributed by atoms with Gasteiger partial charge < -0.3 is 9.73 Å². The number of piperidine rings is 1. The molecule has 0 spiro atoms. The van der Waals surface area contributed by atoms with Gasteiger partial charge in [0.15, 0.2) is 0 Å². The van der Waals surface area contributed by atoms with Crippen LogP contribution in [-0.4, -0.2) is 37.5 Å². The van der Waals surface area contributed by atoms with Crippen LogP contribution in [-0.2, 0) is 14.8 Å². The second kappa shape index (κ2) is 7.05. The van der Waals surface area contributed by atoms with E-state index in [4.69, 9.17) is 4.42 Å². The molecule has 1 fully saturated rings. The van der Waals surface area contributed by atoms with E-state index in [9.17, 15) is 13.2 Å². The van der Waals surface area contributed by atoms with Gasteiger partial charge in [-0.15, -0.1) is 0 Å². The maximum absolute atomic E-state index is 12.4. The third-order valence-corrected chi connectivity index (χ3v) is 6.37. The van der Waals surface area contributed by atoms with Crippen LogP contribution >= 0.6 is 0 Å². The minimum absolute atomic E-state index is 0.00991. The molecule has 1 aromatic heterocycles. The first kappa shape index (κ1) is 18.0. The molecule has 1 aliphatic rings. The van der Waals surface area contributed by atoms with Gasteiger partial charge in [0.1, 0.15) is 11.5 Å². The number of hydrogen-bond donors (Lipinski definition) is 1. The van der Waals surface area contributed by atoms with Crippen molar-refractivity contribution in [3.63, 3.8) is 0 Å². The lowest BCUT2D eigenvalue weighted by atomic mass is 9.96. The van der Waals surface area contributed by atoms with Crippen LogP contribution in [0, 0.1) is 19.8 Å². The fraction of sp³-hybridized carbons (Fsp3) is 0.688. The van der Waals surface area contributed by atoms with Crippen LogP contribution in [0.3, 0.4) is 0 Å². The molecule has 130 valence electrons. The number of carbonyl (C=O) groups is 1. The molecule has 23 heavy (non-hydrogen) atoms. The topological polar surface area (TPSA) is 79.6 Å². The van der Waals surface area contributed by atoms with E-state index in [2.05, 4.69) is 5.32 Å². The number of amides is 1. The Kier molecular flexibility index (Phi) is 5.52. The summed E-state index contributed by atoms with van der Waals surface area (Å²) in [5, 5.41) is 3.02. The second-order valence-corrected chi connectivity index (χ2v) is 8.43. The molecule has 0 aliphatic carbocycles. The van der Waals surface area contributed by atoms with Crippen LogP contribution in [0.25, 0.3) is 0 Å². The minimum atomic E-state index is -3.15. The van der Waals surface area contributed by atoms with Crippen molar-refractivity contribution in [2.45, 2.75) is 46.6 Å². The van der Waals surface area contributed by atoms with Crippen molar-refractivity contribution >= 4 is 15.9 Å². The number of carbonyl (C=O) groups excluding carboxylic acids is 1. The van der Waals surface area contributed by atoms with Gasteiger partial charge in [0.2, 0.25) is 15.9 Å². The number of nitrogens with one attached hydrogen (secondary N) is 1. The van der Waals surface area contributed by atoms with E-state index in [-0.39, 0.29) is 23.6 Å². The van der Waals surface area contributed by atoms with Gasteiger partial charge >= 0.3 is 0 Å². The van der Waals surface area contributed by atoms with Crippen LogP contribution < -0.4 is 5.32 Å². The number of nitrogens with zero attached hydrogens (tertiary/aromatic N) is 1. The molecule has 2 heterocycles. The molecule has 1 aliphatic heterocycles. The fourth-order valence-corrected chi connectivity index (χ4v) is 4.20. The van der Waals surface area contributed by atoms with Crippen molar-refractivity contribution in [3.8, 4) is 0 Å². The number of furan rings is 1. The average Bonchev–Trinajstić information content (AvgIpc) is 2.86. The van der Waals surface area contributed by atoms with Crippen LogP contribution in [0.2, 0.25) is 0 Å². The zero-order valence-electron chi connectivity index (χ0n) is 14.3. The first-order valence-corrected chi connectivity index (χ1v) is 9.70. The summed E-state index contributed by atoms with van der Waals surface area (Å²) in [6.45, 7) is 8.20. The van der Waals surface area contributed by atoms with Gasteiger partial charge in [0.25, 0.3) is 0 Å². The minimum Gasteiger partial charge on any atom is -0.466 e. The Morgan fingerprint density at radius 3 is 2.48 bits per heavy atom. The van der Waals surface area contributed by atoms with Gasteiger partial charge in [0, 0.05) is 24.6 Å². The van der Waals surface area contributed by atoms with Gasteiger partial charge in [-0.1, -0.05) is 0 Å². The van der Waals surface area contributed by atoms with Gasteiger partial charge in [-0.25, -0.2) is 12.7 Å². The van der Waals surface area contributed by atoms with Crippen molar-refractivity contribution in [2.24, 2.45) is 5.92 Å². The molecule has 1 aromatic rings. The Morgan fingerprint density at radius 2 is 2.00 bits per heavy atom. The van der Waals surface area contributed by atoms with Crippen LogP contribution in [0.1, 0.15) is 49.8 Å². The molecule has 1 amide bonds. The molecule has 1 atom stereocenters. The number of aryl methyl sites for hydroxylation is 2. The zero-order valence-corrected chi connectivity index (χ0v) is 15.1. The van der Waals surface area contributed by atoms with E-state index >= 15 is 0 Å². The fourth-order valence-electron chi connectivity index (χ4n) is 3.07. The molecule has 0 saturated carbocycles. The van der Waals surface area contributed by atoms with Crippen LogP contribution in [0.4, 0.5) is 0 Å². The first-order valence-electron chi connectivity index (χ1n) is 8.09. The van der Waals surface area contributed by atoms with E-state index in [0.717, 1.165) is 17.1 Å². The molecule has 1 N–H and O–H groups in total. The van der Waals surface area contributed by atoms with Gasteiger partial charge in [-0.3, -0.25) is 4.79 Å². The summed E-state index contributed by atoms with van der Waals surface area (Å²) in [6, 6.07) is 1.83. The summed E-state index contributed by atoms with van der Waals surface area (Å²) in [6.07, 6.45) is 1.14. The maximum Gasteiger partial charge on any atom is 0.223 e. The zero-order chi connectivity index (χ0) is 17.2. The van der Waals surface area contributed by atoms with E-state index < -0.39 is 10.0 Å². The van der Waals surface area contributed by atoms with Crippen molar-refractivity contribution in [2.75, 3.05) is 18.8 Å². The molecule has 2 rings (SSSR count). The van der Waals surface area contributed by atoms with E-state index in [1.807, 2.05) is 26.8 Å². The largest absolute Gasteiger partial charge is 0.466 e. The molecular weight excluding hydrogens is 316 g/mol. The Hall–Kier alpha value is -1.34. The van der Waals surface area contributed by atoms with E-state index in [0.29, 0.717) is 25.9 Å². The Morgan fingerprint density at radius 1 is 1.39 bits per heavy atom. The monoisotopic (exact) mass is 342 g/mol. The van der Waals surface area contributed by atoms with Gasteiger partial charge in [-0.05, 0) is 46.6 Å². The number of rotatable bonds is 5. The third kappa shape index (κ3) is 4.14. The highest BCUT2D eigenvalue weighted by Gasteiger charge is 2.30. The van der Waals surface area contributed by atoms with Crippen molar-refractivity contribution in [1.29, 1.82) is 0 Å². The molecule has 6 nitrogen and oxygen atoms in total. The normalized spacial score (nSPS) is 18.8. The molecule has 1 saturated heterocycles. The predicted octanol–water partition coefficient (Wildman–Crippen LogP) is 2.14. The summed E-state index contributed by atoms with van der Waals surface area (Å²) >= 11 is 0. The summed E-state index contributed by atoms with van der Waals surface area (Å²) in [5.74, 6) is 1.62. The highest BCUT2D eigenvalue weighted by Crippen LogP contribution is 2.24. The lowest BCUT2D eigenvalue weighted by Gasteiger charge is -2.30. The standard InChI is InChI=1S/C16H26N2O4S/c1-5-23(20,21)18-8-6-14(7-9-18)16(19)17-12(3)15-10-11(2)22-13(15)4/h10,12,14H,5-9H2,1-4H3,(H,17,19)/t12-/m1/s1.